The smallest absolute Gasteiger partial charge is 0.408 e. The molecule has 0 saturated heterocycles. The lowest BCUT2D eigenvalue weighted by atomic mass is 10.3. The van der Waals surface area contributed by atoms with Crippen LogP contribution in [0.5, 0.6) is 0 Å². The zero-order valence-electron chi connectivity index (χ0n) is 16.7. The maximum absolute atomic E-state index is 12.6. The van der Waals surface area contributed by atoms with E-state index in [9.17, 15) is 18.0 Å². The lowest BCUT2D eigenvalue weighted by Gasteiger charge is -2.11. The highest BCUT2D eigenvalue weighted by Crippen LogP contribution is 2.33. The number of oxazole rings is 1. The van der Waals surface area contributed by atoms with Gasteiger partial charge in [0.15, 0.2) is 5.58 Å². The molecule has 1 heterocycles. The number of hydrogen-bond acceptors (Lipinski definition) is 6. The number of nitrogens with two attached hydrogens (primary N) is 1. The van der Waals surface area contributed by atoms with Gasteiger partial charge in [0.1, 0.15) is 0 Å². The lowest BCUT2D eigenvalue weighted by molar-refractivity contribution is -0.116. The summed E-state index contributed by atoms with van der Waals surface area (Å²) in [5.74, 6) is -0.951. The molecule has 0 aliphatic heterocycles. The van der Waals surface area contributed by atoms with Gasteiger partial charge in [-0.3, -0.25) is 9.36 Å². The summed E-state index contributed by atoms with van der Waals surface area (Å²) in [4.78, 5) is 26.6. The van der Waals surface area contributed by atoms with Crippen LogP contribution >= 0.6 is 11.8 Å². The van der Waals surface area contributed by atoms with Crippen LogP contribution in [-0.2, 0) is 21.4 Å². The maximum atomic E-state index is 12.6. The minimum Gasteiger partial charge on any atom is -0.408 e. The molecule has 8 nitrogen and oxygen atoms in total. The van der Waals surface area contributed by atoms with Gasteiger partial charge in [0.25, 0.3) is 0 Å². The van der Waals surface area contributed by atoms with E-state index in [-0.39, 0.29) is 29.4 Å². The van der Waals surface area contributed by atoms with Crippen molar-refractivity contribution >= 4 is 44.5 Å². The SMILES string of the molecule is NS(=O)(=O)c1ccc2c(c1)oc(=O)n2CCC(=O)Nc1ccccc1Sc1ccccc1. The molecule has 0 bridgehead atoms. The molecule has 1 amide bonds. The van der Waals surface area contributed by atoms with E-state index >= 15 is 0 Å². The molecule has 3 aromatic carbocycles. The Bertz CT molecular complexity index is 1440. The number of fused-ring (bicyclic) bond motifs is 1. The molecule has 4 rings (SSSR count). The molecule has 3 N–H and O–H groups in total. The predicted octanol–water partition coefficient (Wildman–Crippen LogP) is 3.42. The van der Waals surface area contributed by atoms with E-state index in [0.29, 0.717) is 11.2 Å². The molecule has 0 fully saturated rings. The van der Waals surface area contributed by atoms with Gasteiger partial charge < -0.3 is 9.73 Å². The Morgan fingerprint density at radius 1 is 1.03 bits per heavy atom. The summed E-state index contributed by atoms with van der Waals surface area (Å²) in [5, 5.41) is 8.00. The first-order valence-electron chi connectivity index (χ1n) is 9.59. The number of aromatic nitrogens is 1. The van der Waals surface area contributed by atoms with Crippen LogP contribution in [0.4, 0.5) is 5.69 Å². The highest BCUT2D eigenvalue weighted by atomic mass is 32.2. The van der Waals surface area contributed by atoms with E-state index in [0.717, 1.165) is 9.79 Å². The van der Waals surface area contributed by atoms with Crippen molar-refractivity contribution < 1.29 is 17.6 Å². The van der Waals surface area contributed by atoms with Gasteiger partial charge in [-0.2, -0.15) is 0 Å². The van der Waals surface area contributed by atoms with E-state index in [1.165, 1.54) is 34.5 Å². The quantitative estimate of drug-likeness (QED) is 0.427. The van der Waals surface area contributed by atoms with Crippen molar-refractivity contribution in [1.82, 2.24) is 4.57 Å². The van der Waals surface area contributed by atoms with Gasteiger partial charge in [-0.1, -0.05) is 42.1 Å². The third-order valence-electron chi connectivity index (χ3n) is 4.66. The number of carbonyl (C=O) groups is 1. The molecule has 4 aromatic rings. The van der Waals surface area contributed by atoms with Crippen molar-refractivity contribution in [3.05, 3.63) is 83.3 Å². The van der Waals surface area contributed by atoms with Gasteiger partial charge in [-0.05, 0) is 36.4 Å². The minimum absolute atomic E-state index is 0.0236. The van der Waals surface area contributed by atoms with E-state index in [1.54, 1.807) is 0 Å². The van der Waals surface area contributed by atoms with E-state index < -0.39 is 15.8 Å². The summed E-state index contributed by atoms with van der Waals surface area (Å²) in [7, 11) is -3.92. The Kier molecular flexibility index (Phi) is 6.17. The van der Waals surface area contributed by atoms with Gasteiger partial charge in [-0.25, -0.2) is 18.4 Å². The second-order valence-electron chi connectivity index (χ2n) is 6.90. The average molecular weight is 470 g/mol. The van der Waals surface area contributed by atoms with Gasteiger partial charge in [0.2, 0.25) is 15.9 Å². The molecule has 0 spiro atoms. The fourth-order valence-corrected chi connectivity index (χ4v) is 4.59. The largest absolute Gasteiger partial charge is 0.419 e. The van der Waals surface area contributed by atoms with Crippen LogP contribution < -0.4 is 16.2 Å². The van der Waals surface area contributed by atoms with Crippen LogP contribution in [0.15, 0.2) is 96.7 Å². The molecule has 0 aliphatic carbocycles. The monoisotopic (exact) mass is 469 g/mol. The zero-order valence-corrected chi connectivity index (χ0v) is 18.4. The molecule has 1 aromatic heterocycles. The number of benzene rings is 3. The molecule has 32 heavy (non-hydrogen) atoms. The normalized spacial score (nSPS) is 11.5. The van der Waals surface area contributed by atoms with Crippen molar-refractivity contribution in [2.24, 2.45) is 5.14 Å². The van der Waals surface area contributed by atoms with Crippen molar-refractivity contribution in [3.8, 4) is 0 Å². The topological polar surface area (TPSA) is 124 Å². The number of rotatable bonds is 7. The van der Waals surface area contributed by atoms with Crippen LogP contribution in [0, 0.1) is 0 Å². The first-order chi connectivity index (χ1) is 15.3. The van der Waals surface area contributed by atoms with Crippen molar-refractivity contribution in [1.29, 1.82) is 0 Å². The maximum Gasteiger partial charge on any atom is 0.419 e. The number of para-hydroxylation sites is 1. The Labute approximate surface area is 188 Å². The molecule has 0 atom stereocenters. The summed E-state index contributed by atoms with van der Waals surface area (Å²) in [6.07, 6.45) is 0.0236. The molecular weight excluding hydrogens is 450 g/mol. The minimum atomic E-state index is -3.92. The number of hydrogen-bond donors (Lipinski definition) is 2. The third kappa shape index (κ3) is 4.93. The van der Waals surface area contributed by atoms with Crippen LogP contribution in [0.1, 0.15) is 6.42 Å². The van der Waals surface area contributed by atoms with Crippen LogP contribution in [0.25, 0.3) is 11.1 Å². The summed E-state index contributed by atoms with van der Waals surface area (Å²) >= 11 is 1.54. The molecule has 164 valence electrons. The van der Waals surface area contributed by atoms with E-state index in [4.69, 9.17) is 9.56 Å². The molecule has 0 unspecified atom stereocenters. The van der Waals surface area contributed by atoms with Gasteiger partial charge in [0.05, 0.1) is 16.1 Å². The first kappa shape index (κ1) is 21.9. The Morgan fingerprint density at radius 3 is 2.50 bits per heavy atom. The second kappa shape index (κ2) is 9.03. The molecule has 0 saturated carbocycles. The van der Waals surface area contributed by atoms with Crippen LogP contribution in [0.3, 0.4) is 0 Å². The third-order valence-corrected chi connectivity index (χ3v) is 6.66. The van der Waals surface area contributed by atoms with Crippen LogP contribution in [0.2, 0.25) is 0 Å². The fourth-order valence-electron chi connectivity index (χ4n) is 3.14. The highest BCUT2D eigenvalue weighted by molar-refractivity contribution is 7.99. The number of anilines is 1. The Morgan fingerprint density at radius 2 is 1.75 bits per heavy atom. The number of amides is 1. The molecule has 0 radical (unpaired) electrons. The molecule has 0 aliphatic rings. The first-order valence-corrected chi connectivity index (χ1v) is 12.0. The zero-order chi connectivity index (χ0) is 22.7. The summed E-state index contributed by atoms with van der Waals surface area (Å²) in [5.41, 5.74) is 1.15. The summed E-state index contributed by atoms with van der Waals surface area (Å²) in [6, 6.07) is 21.2. The van der Waals surface area contributed by atoms with Crippen molar-refractivity contribution in [2.75, 3.05) is 5.32 Å². The number of nitrogens with one attached hydrogen (secondary N) is 1. The Hall–Kier alpha value is -3.34. The van der Waals surface area contributed by atoms with Crippen molar-refractivity contribution in [3.63, 3.8) is 0 Å². The number of nitrogens with zero attached hydrogens (tertiary/aromatic N) is 1. The Balaban J connectivity index is 1.48. The molecule has 10 heteroatoms. The number of aryl methyl sites for hydroxylation is 1. The summed E-state index contributed by atoms with van der Waals surface area (Å²) < 4.78 is 29.4. The van der Waals surface area contributed by atoms with Gasteiger partial charge >= 0.3 is 5.76 Å². The number of sulfonamides is 1. The highest BCUT2D eigenvalue weighted by Gasteiger charge is 2.15. The number of carbonyl (C=O) groups excluding carboxylic acids is 1. The second-order valence-corrected chi connectivity index (χ2v) is 9.58. The standard InChI is InChI=1S/C22H19N3O5S2/c23-32(28,29)16-10-11-18-19(14-16)30-22(27)25(18)13-12-21(26)24-17-8-4-5-9-20(17)31-15-6-2-1-3-7-15/h1-11,14H,12-13H2,(H,24,26)(H2,23,28,29). The average Bonchev–Trinajstić information content (AvgIpc) is 3.08. The van der Waals surface area contributed by atoms with E-state index in [2.05, 4.69) is 5.32 Å². The summed E-state index contributed by atoms with van der Waals surface area (Å²) in [6.45, 7) is 0.0698. The number of primary sulfonamides is 1. The molecular formula is C22H19N3O5S2. The fraction of sp³-hybridized carbons (Fsp3) is 0.0909. The lowest BCUT2D eigenvalue weighted by Crippen LogP contribution is -2.20. The van der Waals surface area contributed by atoms with E-state index in [1.807, 2.05) is 54.6 Å². The van der Waals surface area contributed by atoms with Gasteiger partial charge in [0, 0.05) is 28.8 Å². The van der Waals surface area contributed by atoms with Crippen molar-refractivity contribution in [2.45, 2.75) is 27.7 Å². The van der Waals surface area contributed by atoms with Gasteiger partial charge in [-0.15, -0.1) is 0 Å². The predicted molar refractivity (Wildman–Crippen MR) is 122 cm³/mol. The van der Waals surface area contributed by atoms with Crippen LogP contribution in [-0.4, -0.2) is 18.9 Å².